The quantitative estimate of drug-likeness (QED) is 0.384. The third kappa shape index (κ3) is 6.50. The molecule has 0 amide bonds. The molecule has 0 atom stereocenters. The lowest BCUT2D eigenvalue weighted by Crippen LogP contribution is -2.09. The van der Waals surface area contributed by atoms with Crippen LogP contribution in [0.3, 0.4) is 0 Å². The van der Waals surface area contributed by atoms with Crippen molar-refractivity contribution in [2.24, 2.45) is 0 Å². The van der Waals surface area contributed by atoms with E-state index in [0.717, 1.165) is 18.2 Å². The van der Waals surface area contributed by atoms with Crippen molar-refractivity contribution in [3.8, 4) is 17.2 Å². The maximum Gasteiger partial charge on any atom is 0.420 e. The summed E-state index contributed by atoms with van der Waals surface area (Å²) in [6, 6.07) is 3.74. The van der Waals surface area contributed by atoms with Gasteiger partial charge in [0, 0.05) is 0 Å². The number of halogens is 10. The average molecular weight is 500 g/mol. The Hall–Kier alpha value is -1.48. The summed E-state index contributed by atoms with van der Waals surface area (Å²) in [5, 5.41) is -1.05. The number of rotatable bonds is 5. The SMILES string of the molecule is FC(F)(F)c1cc(Cl)c(Oc2ccc(OCC=C(Cl)Cl)c(C(F)(F)F)c2)c(Cl)c1. The zero-order chi connectivity index (χ0) is 22.0. The Bertz CT molecular complexity index is 898. The number of hydrogen-bond donors (Lipinski definition) is 0. The molecule has 0 N–H and O–H groups in total. The minimum absolute atomic E-state index is 0.190. The Balaban J connectivity index is 2.38. The Kier molecular flexibility index (Phi) is 7.48. The van der Waals surface area contributed by atoms with Crippen LogP contribution < -0.4 is 9.47 Å². The fraction of sp³-hybridized carbons (Fsp3) is 0.176. The van der Waals surface area contributed by atoms with E-state index in [0.29, 0.717) is 18.2 Å². The van der Waals surface area contributed by atoms with Crippen LogP contribution in [0, 0.1) is 0 Å². The molecule has 12 heteroatoms. The normalized spacial score (nSPS) is 11.9. The summed E-state index contributed by atoms with van der Waals surface area (Å²) in [7, 11) is 0. The van der Waals surface area contributed by atoms with Gasteiger partial charge in [0.05, 0.1) is 15.6 Å². The van der Waals surface area contributed by atoms with Crippen LogP contribution in [0.1, 0.15) is 11.1 Å². The first kappa shape index (κ1) is 23.8. The highest BCUT2D eigenvalue weighted by molar-refractivity contribution is 6.55. The van der Waals surface area contributed by atoms with Crippen molar-refractivity contribution in [1.82, 2.24) is 0 Å². The third-order valence-corrected chi connectivity index (χ3v) is 4.15. The molecule has 0 fully saturated rings. The summed E-state index contributed by atoms with van der Waals surface area (Å²) < 4.78 is 88.2. The molecule has 0 bridgehead atoms. The van der Waals surface area contributed by atoms with E-state index in [-0.39, 0.29) is 16.8 Å². The molecule has 0 saturated heterocycles. The molecule has 2 rings (SSSR count). The lowest BCUT2D eigenvalue weighted by molar-refractivity contribution is -0.139. The summed E-state index contributed by atoms with van der Waals surface area (Å²) in [4.78, 5) is 0. The number of hydrogen-bond acceptors (Lipinski definition) is 2. The zero-order valence-electron chi connectivity index (χ0n) is 13.8. The molecule has 0 unspecified atom stereocenters. The predicted molar refractivity (Wildman–Crippen MR) is 98.3 cm³/mol. The molecule has 2 aromatic carbocycles. The molecule has 0 aliphatic heterocycles. The van der Waals surface area contributed by atoms with Gasteiger partial charge in [-0.3, -0.25) is 0 Å². The van der Waals surface area contributed by atoms with Gasteiger partial charge in [0.15, 0.2) is 5.75 Å². The van der Waals surface area contributed by atoms with Crippen LogP contribution in [-0.2, 0) is 12.4 Å². The first-order chi connectivity index (χ1) is 13.3. The van der Waals surface area contributed by atoms with Gasteiger partial charge >= 0.3 is 12.4 Å². The number of alkyl halides is 6. The van der Waals surface area contributed by atoms with E-state index in [1.165, 1.54) is 0 Å². The lowest BCUT2D eigenvalue weighted by Gasteiger charge is -2.16. The second-order valence-electron chi connectivity index (χ2n) is 5.33. The third-order valence-electron chi connectivity index (χ3n) is 3.28. The largest absolute Gasteiger partial charge is 0.489 e. The van der Waals surface area contributed by atoms with Crippen LogP contribution in [0.25, 0.3) is 0 Å². The van der Waals surface area contributed by atoms with Crippen molar-refractivity contribution >= 4 is 46.4 Å². The first-order valence-electron chi connectivity index (χ1n) is 7.38. The van der Waals surface area contributed by atoms with Crippen molar-refractivity contribution in [3.05, 3.63) is 62.1 Å². The summed E-state index contributed by atoms with van der Waals surface area (Å²) in [6.07, 6.45) is -8.40. The fourth-order valence-corrected chi connectivity index (χ4v) is 2.74. The Labute approximate surface area is 180 Å². The van der Waals surface area contributed by atoms with E-state index >= 15 is 0 Å². The van der Waals surface area contributed by atoms with Gasteiger partial charge in [-0.1, -0.05) is 46.4 Å². The van der Waals surface area contributed by atoms with E-state index in [4.69, 9.17) is 55.9 Å². The molecule has 2 nitrogen and oxygen atoms in total. The monoisotopic (exact) mass is 498 g/mol. The number of ether oxygens (including phenoxy) is 2. The average Bonchev–Trinajstić information content (AvgIpc) is 2.56. The smallest absolute Gasteiger partial charge is 0.420 e. The fourth-order valence-electron chi connectivity index (χ4n) is 2.05. The van der Waals surface area contributed by atoms with E-state index in [1.807, 2.05) is 0 Å². The van der Waals surface area contributed by atoms with Gasteiger partial charge in [-0.15, -0.1) is 0 Å². The summed E-state index contributed by atoms with van der Waals surface area (Å²) in [6.45, 7) is -0.331. The second-order valence-corrected chi connectivity index (χ2v) is 7.15. The van der Waals surface area contributed by atoms with Gasteiger partial charge in [-0.25, -0.2) is 0 Å². The predicted octanol–water partition coefficient (Wildman–Crippen LogP) is 8.52. The van der Waals surface area contributed by atoms with E-state index in [2.05, 4.69) is 0 Å². The molecule has 0 spiro atoms. The van der Waals surface area contributed by atoms with E-state index in [1.54, 1.807) is 0 Å². The summed E-state index contributed by atoms with van der Waals surface area (Å²) in [5.41, 5.74) is -2.33. The topological polar surface area (TPSA) is 18.5 Å². The van der Waals surface area contributed by atoms with Gasteiger partial charge in [-0.05, 0) is 36.4 Å². The molecule has 0 radical (unpaired) electrons. The minimum atomic E-state index is -4.82. The van der Waals surface area contributed by atoms with Crippen molar-refractivity contribution in [2.75, 3.05) is 6.61 Å². The van der Waals surface area contributed by atoms with Crippen LogP contribution in [0.5, 0.6) is 17.2 Å². The van der Waals surface area contributed by atoms with Gasteiger partial charge in [0.1, 0.15) is 28.2 Å². The zero-order valence-corrected chi connectivity index (χ0v) is 16.8. The van der Waals surface area contributed by atoms with Gasteiger partial charge in [0.25, 0.3) is 0 Å². The van der Waals surface area contributed by atoms with Crippen LogP contribution in [0.15, 0.2) is 40.9 Å². The van der Waals surface area contributed by atoms with Crippen LogP contribution >= 0.6 is 46.4 Å². The van der Waals surface area contributed by atoms with Gasteiger partial charge in [-0.2, -0.15) is 26.3 Å². The van der Waals surface area contributed by atoms with E-state index < -0.39 is 45.0 Å². The molecule has 0 heterocycles. The van der Waals surface area contributed by atoms with Crippen LogP contribution in [0.2, 0.25) is 10.0 Å². The highest BCUT2D eigenvalue weighted by Crippen LogP contribution is 2.44. The van der Waals surface area contributed by atoms with Crippen LogP contribution in [0.4, 0.5) is 26.3 Å². The molecular weight excluding hydrogens is 492 g/mol. The molecular formula is C17H8Cl4F6O2. The second kappa shape index (κ2) is 9.12. The highest BCUT2D eigenvalue weighted by Gasteiger charge is 2.35. The van der Waals surface area contributed by atoms with E-state index in [9.17, 15) is 26.3 Å². The Morgan fingerprint density at radius 3 is 1.97 bits per heavy atom. The Morgan fingerprint density at radius 1 is 0.897 bits per heavy atom. The summed E-state index contributed by atoms with van der Waals surface area (Å²) in [5.74, 6) is -1.35. The lowest BCUT2D eigenvalue weighted by atomic mass is 10.1. The molecule has 0 saturated carbocycles. The Morgan fingerprint density at radius 2 is 1.48 bits per heavy atom. The minimum Gasteiger partial charge on any atom is -0.489 e. The number of benzene rings is 2. The van der Waals surface area contributed by atoms with Gasteiger partial charge < -0.3 is 9.47 Å². The van der Waals surface area contributed by atoms with Crippen molar-refractivity contribution in [3.63, 3.8) is 0 Å². The maximum absolute atomic E-state index is 13.3. The van der Waals surface area contributed by atoms with Crippen molar-refractivity contribution in [2.45, 2.75) is 12.4 Å². The van der Waals surface area contributed by atoms with Gasteiger partial charge in [0.2, 0.25) is 0 Å². The van der Waals surface area contributed by atoms with Crippen LogP contribution in [-0.4, -0.2) is 6.61 Å². The maximum atomic E-state index is 13.3. The molecule has 158 valence electrons. The summed E-state index contributed by atoms with van der Waals surface area (Å²) >= 11 is 22.3. The molecule has 0 aliphatic rings. The molecule has 0 aliphatic carbocycles. The molecule has 29 heavy (non-hydrogen) atoms. The first-order valence-corrected chi connectivity index (χ1v) is 8.89. The highest BCUT2D eigenvalue weighted by atomic mass is 35.5. The van der Waals surface area contributed by atoms with Crippen molar-refractivity contribution in [1.29, 1.82) is 0 Å². The van der Waals surface area contributed by atoms with Crippen molar-refractivity contribution < 1.29 is 35.8 Å². The standard InChI is InChI=1S/C17H8Cl4F6O2/c18-11-5-8(16(22,23)24)6-12(19)15(11)29-9-1-2-13(28-4-3-14(20)21)10(7-9)17(25,26)27/h1-3,5-7H,4H2. The molecule has 0 aromatic heterocycles. The molecule has 2 aromatic rings.